The van der Waals surface area contributed by atoms with Crippen molar-refractivity contribution in [1.82, 2.24) is 0 Å². The van der Waals surface area contributed by atoms with Gasteiger partial charge in [-0.1, -0.05) is 42.5 Å². The van der Waals surface area contributed by atoms with E-state index in [4.69, 9.17) is 22.7 Å². The molecule has 138 valence electrons. The van der Waals surface area contributed by atoms with E-state index in [1.54, 1.807) is 42.5 Å². The number of ether oxygens (including phenoxy) is 1. The highest BCUT2D eigenvalue weighted by Crippen LogP contribution is 2.64. The molecule has 1 aliphatic rings. The first-order chi connectivity index (χ1) is 12.4. The molecular weight excluding hydrogens is 373 g/mol. The lowest BCUT2D eigenvalue weighted by atomic mass is 10.00. The number of nitrogens with two attached hydrogens (primary N) is 1. The van der Waals surface area contributed by atoms with E-state index in [2.05, 4.69) is 0 Å². The van der Waals surface area contributed by atoms with Crippen LogP contribution in [0.5, 0.6) is 0 Å². The van der Waals surface area contributed by atoms with Gasteiger partial charge in [-0.2, -0.15) is 0 Å². The zero-order chi connectivity index (χ0) is 18.9. The Balaban J connectivity index is 2.12. The minimum Gasteiger partial charge on any atom is -0.393 e. The molecule has 0 radical (unpaired) electrons. The predicted octanol–water partition coefficient (Wildman–Crippen LogP) is 3.07. The Morgan fingerprint density at radius 1 is 1.23 bits per heavy atom. The van der Waals surface area contributed by atoms with Crippen LogP contribution in [-0.2, 0) is 14.6 Å². The summed E-state index contributed by atoms with van der Waals surface area (Å²) < 4.78 is 45.9. The van der Waals surface area contributed by atoms with Crippen molar-refractivity contribution in [1.29, 1.82) is 0 Å². The number of thiocarbonyl (C=S) groups is 1. The third-order valence-corrected chi connectivity index (χ3v) is 7.54. The van der Waals surface area contributed by atoms with Crippen LogP contribution >= 0.6 is 12.2 Å². The Morgan fingerprint density at radius 3 is 2.50 bits per heavy atom. The molecule has 0 saturated heterocycles. The van der Waals surface area contributed by atoms with Crippen molar-refractivity contribution in [3.63, 3.8) is 0 Å². The van der Waals surface area contributed by atoms with Crippen molar-refractivity contribution < 1.29 is 17.5 Å². The fraction of sp³-hybridized carbons (Fsp3) is 0.316. The molecule has 0 spiro atoms. The molecule has 7 heteroatoms. The summed E-state index contributed by atoms with van der Waals surface area (Å²) in [5.74, 6) is -0.981. The van der Waals surface area contributed by atoms with Crippen LogP contribution in [-0.4, -0.2) is 31.9 Å². The molecule has 3 rings (SSSR count). The molecule has 1 saturated carbocycles. The van der Waals surface area contributed by atoms with E-state index in [0.29, 0.717) is 12.2 Å². The van der Waals surface area contributed by atoms with Gasteiger partial charge in [-0.15, -0.1) is 0 Å². The first-order valence-electron chi connectivity index (χ1n) is 8.27. The highest BCUT2D eigenvalue weighted by Gasteiger charge is 2.73. The smallest absolute Gasteiger partial charge is 0.182 e. The van der Waals surface area contributed by atoms with Crippen LogP contribution in [0.3, 0.4) is 0 Å². The molecule has 0 amide bonds. The van der Waals surface area contributed by atoms with Gasteiger partial charge in [0.05, 0.1) is 27.2 Å². The number of hydrogen-bond acceptors (Lipinski definition) is 4. The van der Waals surface area contributed by atoms with E-state index in [-0.39, 0.29) is 16.5 Å². The second-order valence-electron chi connectivity index (χ2n) is 6.35. The number of halogens is 1. The van der Waals surface area contributed by atoms with Gasteiger partial charge in [0.1, 0.15) is 5.82 Å². The topological polar surface area (TPSA) is 69.4 Å². The standard InChI is InChI=1S/C19H20FNO3S2/c1-2-24-12-19(18(21)25)16(13-7-6-8-14(20)11-13)17(19)26(22,23)15-9-4-3-5-10-15/h3-11,16-17H,2,12H2,1H3,(H2,21,25). The van der Waals surface area contributed by atoms with Crippen LogP contribution in [0.4, 0.5) is 4.39 Å². The van der Waals surface area contributed by atoms with E-state index in [1.165, 1.54) is 12.1 Å². The van der Waals surface area contributed by atoms with Gasteiger partial charge in [-0.05, 0) is 36.8 Å². The van der Waals surface area contributed by atoms with Gasteiger partial charge in [-0.25, -0.2) is 12.8 Å². The largest absolute Gasteiger partial charge is 0.393 e. The monoisotopic (exact) mass is 393 g/mol. The highest BCUT2D eigenvalue weighted by molar-refractivity contribution is 7.92. The zero-order valence-electron chi connectivity index (χ0n) is 14.3. The fourth-order valence-corrected chi connectivity index (χ4v) is 6.39. The van der Waals surface area contributed by atoms with E-state index < -0.39 is 32.2 Å². The SMILES string of the molecule is CCOCC1(C(N)=S)C(c2cccc(F)c2)C1S(=O)(=O)c1ccccc1. The quantitative estimate of drug-likeness (QED) is 0.732. The molecule has 26 heavy (non-hydrogen) atoms. The third-order valence-electron chi connectivity index (χ3n) is 4.87. The average molecular weight is 394 g/mol. The highest BCUT2D eigenvalue weighted by atomic mass is 32.2. The second-order valence-corrected chi connectivity index (χ2v) is 8.86. The number of benzene rings is 2. The van der Waals surface area contributed by atoms with Gasteiger partial charge in [0, 0.05) is 12.5 Å². The first-order valence-corrected chi connectivity index (χ1v) is 10.2. The van der Waals surface area contributed by atoms with Crippen molar-refractivity contribution in [3.05, 3.63) is 66.0 Å². The fourth-order valence-electron chi connectivity index (χ4n) is 3.60. The summed E-state index contributed by atoms with van der Waals surface area (Å²) in [6.45, 7) is 2.29. The van der Waals surface area contributed by atoms with Gasteiger partial charge in [0.2, 0.25) is 0 Å². The van der Waals surface area contributed by atoms with Crippen molar-refractivity contribution >= 4 is 27.0 Å². The minimum atomic E-state index is -3.73. The minimum absolute atomic E-state index is 0.0738. The molecule has 1 fully saturated rings. The first kappa shape index (κ1) is 18.9. The number of rotatable bonds is 7. The van der Waals surface area contributed by atoms with Crippen LogP contribution in [0.2, 0.25) is 0 Å². The summed E-state index contributed by atoms with van der Waals surface area (Å²) in [5, 5.41) is -0.886. The van der Waals surface area contributed by atoms with E-state index >= 15 is 0 Å². The van der Waals surface area contributed by atoms with Gasteiger partial charge < -0.3 is 10.5 Å². The maximum atomic E-state index is 13.8. The van der Waals surface area contributed by atoms with Crippen molar-refractivity contribution in [2.45, 2.75) is 23.0 Å². The van der Waals surface area contributed by atoms with E-state index in [0.717, 1.165) is 0 Å². The predicted molar refractivity (Wildman–Crippen MR) is 102 cm³/mol. The van der Waals surface area contributed by atoms with Crippen LogP contribution < -0.4 is 5.73 Å². The lowest BCUT2D eigenvalue weighted by Crippen LogP contribution is -2.33. The van der Waals surface area contributed by atoms with Gasteiger partial charge >= 0.3 is 0 Å². The molecular formula is C19H20FNO3S2. The van der Waals surface area contributed by atoms with E-state index in [1.807, 2.05) is 6.92 Å². The van der Waals surface area contributed by atoms with Gasteiger partial charge in [0.25, 0.3) is 0 Å². The van der Waals surface area contributed by atoms with Gasteiger partial charge in [0.15, 0.2) is 9.84 Å². The molecule has 0 aromatic heterocycles. The van der Waals surface area contributed by atoms with Crippen LogP contribution in [0.15, 0.2) is 59.5 Å². The second kappa shape index (κ2) is 7.06. The third kappa shape index (κ3) is 3.04. The molecule has 0 aliphatic heterocycles. The van der Waals surface area contributed by atoms with Crippen LogP contribution in [0.25, 0.3) is 0 Å². The lowest BCUT2D eigenvalue weighted by molar-refractivity contribution is 0.121. The van der Waals surface area contributed by atoms with E-state index in [9.17, 15) is 12.8 Å². The van der Waals surface area contributed by atoms with Crippen LogP contribution in [0.1, 0.15) is 18.4 Å². The summed E-state index contributed by atoms with van der Waals surface area (Å²) in [6, 6.07) is 14.1. The lowest BCUT2D eigenvalue weighted by Gasteiger charge is -2.17. The molecule has 4 nitrogen and oxygen atoms in total. The Kier molecular flexibility index (Phi) is 5.14. The molecule has 1 aliphatic carbocycles. The molecule has 2 aromatic carbocycles. The molecule has 0 bridgehead atoms. The molecule has 2 aromatic rings. The number of sulfone groups is 1. The maximum absolute atomic E-state index is 13.8. The summed E-state index contributed by atoms with van der Waals surface area (Å²) in [7, 11) is -3.73. The molecule has 3 atom stereocenters. The zero-order valence-corrected chi connectivity index (χ0v) is 15.9. The molecule has 2 N–H and O–H groups in total. The number of hydrogen-bond donors (Lipinski definition) is 1. The van der Waals surface area contributed by atoms with Gasteiger partial charge in [-0.3, -0.25) is 0 Å². The van der Waals surface area contributed by atoms with Crippen molar-refractivity contribution in [2.24, 2.45) is 11.1 Å². The summed E-state index contributed by atoms with van der Waals surface area (Å²) in [4.78, 5) is 0.269. The Hall–Kier alpha value is -1.83. The maximum Gasteiger partial charge on any atom is 0.182 e. The van der Waals surface area contributed by atoms with Crippen molar-refractivity contribution in [3.8, 4) is 0 Å². The van der Waals surface area contributed by atoms with Crippen LogP contribution in [0, 0.1) is 11.2 Å². The Labute approximate surface area is 158 Å². The molecule has 0 heterocycles. The summed E-state index contributed by atoms with van der Waals surface area (Å²) >= 11 is 5.25. The Morgan fingerprint density at radius 2 is 1.92 bits per heavy atom. The Bertz CT molecular complexity index is 917. The summed E-state index contributed by atoms with van der Waals surface area (Å²) in [6.07, 6.45) is 0. The average Bonchev–Trinajstić information content (AvgIpc) is 3.32. The summed E-state index contributed by atoms with van der Waals surface area (Å²) in [5.41, 5.74) is 5.51. The normalized spacial score (nSPS) is 25.0. The van der Waals surface area contributed by atoms with Crippen molar-refractivity contribution in [2.75, 3.05) is 13.2 Å². The molecule has 3 unspecified atom stereocenters.